The number of allylic oxidation sites excluding steroid dienone is 1. The number of hydrogen-bond acceptors (Lipinski definition) is 6. The zero-order valence-corrected chi connectivity index (χ0v) is 21.9. The molecule has 1 heterocycles. The number of hydrogen-bond donors (Lipinski definition) is 1. The van der Waals surface area contributed by atoms with Gasteiger partial charge in [0, 0.05) is 21.6 Å². The number of nitrogens with zero attached hydrogens (tertiary/aromatic N) is 2. The van der Waals surface area contributed by atoms with Crippen molar-refractivity contribution in [2.45, 2.75) is 13.0 Å². The number of pyridine rings is 1. The summed E-state index contributed by atoms with van der Waals surface area (Å²) >= 11 is 3.44. The third-order valence-corrected chi connectivity index (χ3v) is 5.92. The van der Waals surface area contributed by atoms with Gasteiger partial charge in [-0.25, -0.2) is 5.43 Å². The molecular weight excluding hydrogens is 534 g/mol. The van der Waals surface area contributed by atoms with Gasteiger partial charge in [0.05, 0.1) is 13.3 Å². The van der Waals surface area contributed by atoms with Crippen LogP contribution in [0.2, 0.25) is 0 Å². The molecule has 0 aliphatic carbocycles. The van der Waals surface area contributed by atoms with Crippen molar-refractivity contribution in [1.29, 1.82) is 0 Å². The number of hydrazone groups is 1. The maximum Gasteiger partial charge on any atom is 0.277 e. The largest absolute Gasteiger partial charge is 0.493 e. The minimum absolute atomic E-state index is 0.194. The van der Waals surface area contributed by atoms with E-state index >= 15 is 0 Å². The van der Waals surface area contributed by atoms with Crippen LogP contribution >= 0.6 is 15.9 Å². The van der Waals surface area contributed by atoms with Crippen LogP contribution in [0.3, 0.4) is 0 Å². The smallest absolute Gasteiger partial charge is 0.277 e. The number of carbonyl (C=O) groups excluding carboxylic acids is 1. The number of methoxy groups -OCH3 is 1. The fourth-order valence-electron chi connectivity index (χ4n) is 3.66. The predicted molar refractivity (Wildman–Crippen MR) is 148 cm³/mol. The van der Waals surface area contributed by atoms with Gasteiger partial charge in [0.2, 0.25) is 0 Å². The van der Waals surface area contributed by atoms with Gasteiger partial charge < -0.3 is 14.2 Å². The molecule has 3 aromatic carbocycles. The van der Waals surface area contributed by atoms with Gasteiger partial charge in [-0.1, -0.05) is 52.3 Å². The Morgan fingerprint density at radius 1 is 1.08 bits per heavy atom. The van der Waals surface area contributed by atoms with Crippen LogP contribution < -0.4 is 19.6 Å². The number of carbonyl (C=O) groups is 1. The van der Waals surface area contributed by atoms with E-state index < -0.39 is 5.91 Å². The van der Waals surface area contributed by atoms with Crippen LogP contribution in [0.4, 0.5) is 0 Å². The van der Waals surface area contributed by atoms with Crippen LogP contribution in [0.1, 0.15) is 16.7 Å². The van der Waals surface area contributed by atoms with Crippen molar-refractivity contribution in [2.24, 2.45) is 5.10 Å². The summed E-state index contributed by atoms with van der Waals surface area (Å²) in [6.45, 7) is 4.05. The van der Waals surface area contributed by atoms with E-state index in [0.717, 1.165) is 26.5 Å². The van der Waals surface area contributed by atoms with Crippen molar-refractivity contribution in [3.05, 3.63) is 107 Å². The van der Waals surface area contributed by atoms with Crippen molar-refractivity contribution in [3.8, 4) is 17.2 Å². The molecule has 0 spiro atoms. The molecule has 37 heavy (non-hydrogen) atoms. The topological polar surface area (TPSA) is 82.0 Å². The fourth-order valence-corrected chi connectivity index (χ4v) is 3.93. The molecule has 0 radical (unpaired) electrons. The highest BCUT2D eigenvalue weighted by Gasteiger charge is 2.13. The number of benzene rings is 3. The maximum absolute atomic E-state index is 12.3. The van der Waals surface area contributed by atoms with Crippen LogP contribution in [0.25, 0.3) is 10.9 Å². The lowest BCUT2D eigenvalue weighted by Gasteiger charge is -2.16. The Morgan fingerprint density at radius 3 is 2.68 bits per heavy atom. The summed E-state index contributed by atoms with van der Waals surface area (Å²) in [5.74, 6) is 1.35. The number of para-hydroxylation sites is 1. The number of aromatic nitrogens is 1. The zero-order valence-electron chi connectivity index (χ0n) is 20.3. The molecule has 8 heteroatoms. The number of ether oxygens (including phenoxy) is 3. The lowest BCUT2D eigenvalue weighted by atomic mass is 10.1. The predicted octanol–water partition coefficient (Wildman–Crippen LogP) is 5.84. The van der Waals surface area contributed by atoms with Gasteiger partial charge in [0.15, 0.2) is 18.1 Å². The minimum atomic E-state index is -0.392. The van der Waals surface area contributed by atoms with Crippen LogP contribution in [0.5, 0.6) is 17.2 Å². The van der Waals surface area contributed by atoms with E-state index in [-0.39, 0.29) is 6.61 Å². The van der Waals surface area contributed by atoms with Crippen molar-refractivity contribution in [3.63, 3.8) is 0 Å². The van der Waals surface area contributed by atoms with Crippen LogP contribution in [-0.2, 0) is 17.8 Å². The number of halogens is 1. The van der Waals surface area contributed by atoms with E-state index in [1.54, 1.807) is 37.7 Å². The number of rotatable bonds is 11. The van der Waals surface area contributed by atoms with Gasteiger partial charge in [0.1, 0.15) is 17.9 Å². The standard InChI is InChI=1S/C29H26BrN3O4/c1-3-6-23-15-21(16-26(35-2)29(23)37-18-20-10-12-24(30)13-11-20)17-32-33-27(34)19-36-25-9-4-7-22-8-5-14-31-28(22)25/h3-5,7-17H,1,6,18-19H2,2H3,(H,33,34)/b32-17+. The Labute approximate surface area is 223 Å². The molecular formula is C29H26BrN3O4. The first-order valence-corrected chi connectivity index (χ1v) is 12.3. The van der Waals surface area contributed by atoms with E-state index in [1.165, 1.54) is 0 Å². The molecule has 1 N–H and O–H groups in total. The summed E-state index contributed by atoms with van der Waals surface area (Å²) < 4.78 is 18.4. The Balaban J connectivity index is 1.41. The van der Waals surface area contributed by atoms with Gasteiger partial charge in [-0.2, -0.15) is 5.10 Å². The molecule has 0 atom stereocenters. The third-order valence-electron chi connectivity index (χ3n) is 5.39. The molecule has 0 saturated heterocycles. The van der Waals surface area contributed by atoms with Crippen LogP contribution in [0.15, 0.2) is 95.2 Å². The molecule has 0 bridgehead atoms. The normalized spacial score (nSPS) is 10.9. The third kappa shape index (κ3) is 6.95. The van der Waals surface area contributed by atoms with E-state index in [1.807, 2.05) is 54.6 Å². The van der Waals surface area contributed by atoms with Gasteiger partial charge in [-0.3, -0.25) is 9.78 Å². The Bertz CT molecular complexity index is 1420. The highest BCUT2D eigenvalue weighted by molar-refractivity contribution is 9.10. The first-order valence-electron chi connectivity index (χ1n) is 11.5. The number of nitrogens with one attached hydrogen (secondary N) is 1. The van der Waals surface area contributed by atoms with Crippen LogP contribution in [0, 0.1) is 0 Å². The number of amides is 1. The molecule has 7 nitrogen and oxygen atoms in total. The summed E-state index contributed by atoms with van der Waals surface area (Å²) in [7, 11) is 1.59. The van der Waals surface area contributed by atoms with Gasteiger partial charge >= 0.3 is 0 Å². The molecule has 0 aliphatic rings. The summed E-state index contributed by atoms with van der Waals surface area (Å²) in [6.07, 6.45) is 5.60. The molecule has 1 amide bonds. The highest BCUT2D eigenvalue weighted by atomic mass is 79.9. The molecule has 0 unspecified atom stereocenters. The van der Waals surface area contributed by atoms with E-state index in [2.05, 4.69) is 38.0 Å². The molecule has 0 fully saturated rings. The Hall–Kier alpha value is -4.17. The van der Waals surface area contributed by atoms with Crippen LogP contribution in [-0.4, -0.2) is 30.8 Å². The summed E-state index contributed by atoms with van der Waals surface area (Å²) in [4.78, 5) is 16.6. The van der Waals surface area contributed by atoms with Crippen molar-refractivity contribution >= 4 is 39.0 Å². The second-order valence-electron chi connectivity index (χ2n) is 8.03. The maximum atomic E-state index is 12.3. The second-order valence-corrected chi connectivity index (χ2v) is 8.95. The molecule has 1 aromatic heterocycles. The van der Waals surface area contributed by atoms with E-state index in [4.69, 9.17) is 14.2 Å². The SMILES string of the molecule is C=CCc1cc(/C=N/NC(=O)COc2cccc3cccnc23)cc(OC)c1OCc1ccc(Br)cc1. The average Bonchev–Trinajstić information content (AvgIpc) is 2.92. The van der Waals surface area contributed by atoms with Gasteiger partial charge in [-0.05, 0) is 53.9 Å². The van der Waals surface area contributed by atoms with E-state index in [9.17, 15) is 4.79 Å². The molecule has 4 rings (SSSR count). The lowest BCUT2D eigenvalue weighted by Crippen LogP contribution is -2.24. The van der Waals surface area contributed by atoms with Gasteiger partial charge in [0.25, 0.3) is 5.91 Å². The molecule has 0 saturated carbocycles. The van der Waals surface area contributed by atoms with E-state index in [0.29, 0.717) is 35.8 Å². The number of fused-ring (bicyclic) bond motifs is 1. The summed E-state index contributed by atoms with van der Waals surface area (Å²) in [5, 5.41) is 5.01. The fraction of sp³-hybridized carbons (Fsp3) is 0.138. The molecule has 0 aliphatic heterocycles. The zero-order chi connectivity index (χ0) is 26.0. The van der Waals surface area contributed by atoms with Crippen molar-refractivity contribution in [2.75, 3.05) is 13.7 Å². The Morgan fingerprint density at radius 2 is 1.89 bits per heavy atom. The first-order chi connectivity index (χ1) is 18.1. The van der Waals surface area contributed by atoms with Crippen molar-refractivity contribution in [1.82, 2.24) is 10.4 Å². The first kappa shape index (κ1) is 25.9. The highest BCUT2D eigenvalue weighted by Crippen LogP contribution is 2.34. The monoisotopic (exact) mass is 559 g/mol. The lowest BCUT2D eigenvalue weighted by molar-refractivity contribution is -0.123. The summed E-state index contributed by atoms with van der Waals surface area (Å²) in [5.41, 5.74) is 5.86. The summed E-state index contributed by atoms with van der Waals surface area (Å²) in [6, 6.07) is 21.0. The Kier molecular flexibility index (Phi) is 8.89. The molecule has 188 valence electrons. The van der Waals surface area contributed by atoms with Gasteiger partial charge in [-0.15, -0.1) is 6.58 Å². The average molecular weight is 560 g/mol. The second kappa shape index (κ2) is 12.7. The molecule has 4 aromatic rings. The quantitative estimate of drug-likeness (QED) is 0.142. The van der Waals surface area contributed by atoms with Crippen molar-refractivity contribution < 1.29 is 19.0 Å². The minimum Gasteiger partial charge on any atom is -0.493 e.